The molecule has 0 saturated heterocycles. The van der Waals surface area contributed by atoms with Gasteiger partial charge >= 0.3 is 0 Å². The zero-order valence-corrected chi connectivity index (χ0v) is 11.3. The van der Waals surface area contributed by atoms with Crippen molar-refractivity contribution in [3.63, 3.8) is 0 Å². The van der Waals surface area contributed by atoms with Gasteiger partial charge in [0.25, 0.3) is 0 Å². The first-order valence-electron chi connectivity index (χ1n) is 6.39. The van der Waals surface area contributed by atoms with Gasteiger partial charge in [0.1, 0.15) is 5.82 Å². The number of hydrogen-bond donors (Lipinski definition) is 1. The van der Waals surface area contributed by atoms with E-state index in [1.54, 1.807) is 6.07 Å². The largest absolute Gasteiger partial charge is 0.352 e. The number of ether oxygens (including phenoxy) is 2. The molecule has 0 saturated carbocycles. The van der Waals surface area contributed by atoms with Gasteiger partial charge in [-0.3, -0.25) is 0 Å². The highest BCUT2D eigenvalue weighted by atomic mass is 19.1. The fourth-order valence-corrected chi connectivity index (χ4v) is 1.70. The maximum Gasteiger partial charge on any atom is 0.169 e. The van der Waals surface area contributed by atoms with Gasteiger partial charge < -0.3 is 14.8 Å². The molecule has 1 aromatic rings. The van der Waals surface area contributed by atoms with Crippen LogP contribution in [-0.4, -0.2) is 26.0 Å². The minimum atomic E-state index is -0.254. The van der Waals surface area contributed by atoms with Crippen LogP contribution in [0.2, 0.25) is 0 Å². The summed E-state index contributed by atoms with van der Waals surface area (Å²) in [4.78, 5) is 0. The Morgan fingerprint density at radius 3 is 2.44 bits per heavy atom. The molecule has 0 aliphatic rings. The molecule has 102 valence electrons. The molecule has 1 rings (SSSR count). The van der Waals surface area contributed by atoms with Crippen LogP contribution in [0.25, 0.3) is 0 Å². The summed E-state index contributed by atoms with van der Waals surface area (Å²) < 4.78 is 24.0. The average Bonchev–Trinajstić information content (AvgIpc) is 2.36. The van der Waals surface area contributed by atoms with E-state index in [1.165, 1.54) is 12.1 Å². The monoisotopic (exact) mass is 255 g/mol. The third-order valence-corrected chi connectivity index (χ3v) is 2.64. The maximum atomic E-state index is 13.1. The van der Waals surface area contributed by atoms with Crippen LogP contribution in [-0.2, 0) is 9.47 Å². The summed E-state index contributed by atoms with van der Waals surface area (Å²) in [6.45, 7) is 7.66. The van der Waals surface area contributed by atoms with E-state index in [0.29, 0.717) is 19.8 Å². The molecule has 0 spiro atoms. The van der Waals surface area contributed by atoms with Crippen LogP contribution in [0.15, 0.2) is 24.3 Å². The Kier molecular flexibility index (Phi) is 6.86. The van der Waals surface area contributed by atoms with E-state index < -0.39 is 0 Å². The van der Waals surface area contributed by atoms with E-state index >= 15 is 0 Å². The second-order valence-corrected chi connectivity index (χ2v) is 4.03. The minimum Gasteiger partial charge on any atom is -0.352 e. The number of benzene rings is 1. The summed E-state index contributed by atoms with van der Waals surface area (Å²) in [5.74, 6) is -0.215. The molecular weight excluding hydrogens is 233 g/mol. The maximum absolute atomic E-state index is 13.1. The van der Waals surface area contributed by atoms with Crippen LogP contribution >= 0.6 is 0 Å². The van der Waals surface area contributed by atoms with Crippen LogP contribution in [0, 0.1) is 5.82 Å². The highest BCUT2D eigenvalue weighted by Crippen LogP contribution is 2.13. The molecule has 0 bridgehead atoms. The summed E-state index contributed by atoms with van der Waals surface area (Å²) >= 11 is 0. The molecule has 0 unspecified atom stereocenters. The van der Waals surface area contributed by atoms with Gasteiger partial charge in [-0.2, -0.15) is 0 Å². The Balaban J connectivity index is 2.46. The van der Waals surface area contributed by atoms with Gasteiger partial charge in [0.05, 0.1) is 0 Å². The van der Waals surface area contributed by atoms with Crippen molar-refractivity contribution in [2.24, 2.45) is 0 Å². The first kappa shape index (κ1) is 15.1. The SMILES string of the molecule is CCOC(CN[C@H](C)c1cccc(F)c1)OCC. The standard InChI is InChI=1S/C14H22FNO2/c1-4-17-14(18-5-2)10-16-11(3)12-7-6-8-13(15)9-12/h6-9,11,14,16H,4-5,10H2,1-3H3/t11-/m1/s1. The third kappa shape index (κ3) is 5.12. The first-order valence-corrected chi connectivity index (χ1v) is 6.39. The number of hydrogen-bond acceptors (Lipinski definition) is 3. The van der Waals surface area contributed by atoms with Crippen LogP contribution in [0.1, 0.15) is 32.4 Å². The summed E-state index contributed by atoms with van der Waals surface area (Å²) in [5, 5.41) is 3.28. The Hall–Kier alpha value is -0.970. The molecule has 1 aromatic carbocycles. The lowest BCUT2D eigenvalue weighted by molar-refractivity contribution is -0.133. The van der Waals surface area contributed by atoms with Crippen molar-refractivity contribution in [2.45, 2.75) is 33.1 Å². The van der Waals surface area contributed by atoms with Gasteiger partial charge in [-0.25, -0.2) is 4.39 Å². The average molecular weight is 255 g/mol. The van der Waals surface area contributed by atoms with Crippen LogP contribution in [0.4, 0.5) is 4.39 Å². The first-order chi connectivity index (χ1) is 8.67. The van der Waals surface area contributed by atoms with Gasteiger partial charge in [0, 0.05) is 25.8 Å². The molecule has 3 nitrogen and oxygen atoms in total. The van der Waals surface area contributed by atoms with E-state index in [0.717, 1.165) is 5.56 Å². The second kappa shape index (κ2) is 8.19. The van der Waals surface area contributed by atoms with Crippen LogP contribution in [0.5, 0.6) is 0 Å². The Morgan fingerprint density at radius 2 is 1.89 bits per heavy atom. The van der Waals surface area contributed by atoms with E-state index in [4.69, 9.17) is 9.47 Å². The van der Waals surface area contributed by atoms with E-state index in [1.807, 2.05) is 26.8 Å². The predicted octanol–water partition coefficient (Wildman–Crippen LogP) is 2.88. The smallest absolute Gasteiger partial charge is 0.169 e. The molecule has 4 heteroatoms. The fraction of sp³-hybridized carbons (Fsp3) is 0.571. The molecule has 18 heavy (non-hydrogen) atoms. The number of nitrogens with one attached hydrogen (secondary N) is 1. The van der Waals surface area contributed by atoms with Gasteiger partial charge in [0.15, 0.2) is 6.29 Å². The van der Waals surface area contributed by atoms with E-state index in [9.17, 15) is 4.39 Å². The van der Waals surface area contributed by atoms with Gasteiger partial charge in [0.2, 0.25) is 0 Å². The molecular formula is C14H22FNO2. The molecule has 0 radical (unpaired) electrons. The van der Waals surface area contributed by atoms with Crippen LogP contribution in [0.3, 0.4) is 0 Å². The molecule has 0 heterocycles. The van der Waals surface area contributed by atoms with Crippen molar-refractivity contribution in [2.75, 3.05) is 19.8 Å². The normalized spacial score (nSPS) is 12.9. The zero-order chi connectivity index (χ0) is 13.4. The third-order valence-electron chi connectivity index (χ3n) is 2.64. The predicted molar refractivity (Wildman–Crippen MR) is 69.9 cm³/mol. The summed E-state index contributed by atoms with van der Waals surface area (Å²) in [6.07, 6.45) is -0.254. The van der Waals surface area contributed by atoms with Crippen molar-refractivity contribution in [1.29, 1.82) is 0 Å². The van der Waals surface area contributed by atoms with Gasteiger partial charge in [-0.15, -0.1) is 0 Å². The van der Waals surface area contributed by atoms with Crippen molar-refractivity contribution < 1.29 is 13.9 Å². The molecule has 0 fully saturated rings. The number of rotatable bonds is 8. The van der Waals surface area contributed by atoms with E-state index in [2.05, 4.69) is 5.32 Å². The Bertz CT molecular complexity index is 340. The highest BCUT2D eigenvalue weighted by Gasteiger charge is 2.11. The fourth-order valence-electron chi connectivity index (χ4n) is 1.70. The molecule has 1 N–H and O–H groups in total. The van der Waals surface area contributed by atoms with Gasteiger partial charge in [-0.05, 0) is 38.5 Å². The molecule has 0 aromatic heterocycles. The molecule has 0 aliphatic heterocycles. The molecule has 1 atom stereocenters. The van der Waals surface area contributed by atoms with Crippen LogP contribution < -0.4 is 5.32 Å². The minimum absolute atomic E-state index is 0.0594. The molecule has 0 amide bonds. The Labute approximate surface area is 108 Å². The molecule has 0 aliphatic carbocycles. The Morgan fingerprint density at radius 1 is 1.22 bits per heavy atom. The van der Waals surface area contributed by atoms with Gasteiger partial charge in [-0.1, -0.05) is 12.1 Å². The van der Waals surface area contributed by atoms with Crippen molar-refractivity contribution in [3.8, 4) is 0 Å². The summed E-state index contributed by atoms with van der Waals surface area (Å²) in [5.41, 5.74) is 0.918. The zero-order valence-electron chi connectivity index (χ0n) is 11.3. The van der Waals surface area contributed by atoms with Crippen molar-refractivity contribution >= 4 is 0 Å². The lowest BCUT2D eigenvalue weighted by atomic mass is 10.1. The summed E-state index contributed by atoms with van der Waals surface area (Å²) in [7, 11) is 0. The lowest BCUT2D eigenvalue weighted by Gasteiger charge is -2.21. The second-order valence-electron chi connectivity index (χ2n) is 4.03. The number of halogens is 1. The summed E-state index contributed by atoms with van der Waals surface area (Å²) in [6, 6.07) is 6.65. The lowest BCUT2D eigenvalue weighted by Crippen LogP contribution is -2.33. The highest BCUT2D eigenvalue weighted by molar-refractivity contribution is 5.19. The van der Waals surface area contributed by atoms with Crippen molar-refractivity contribution in [1.82, 2.24) is 5.32 Å². The quantitative estimate of drug-likeness (QED) is 0.725. The topological polar surface area (TPSA) is 30.5 Å². The van der Waals surface area contributed by atoms with E-state index in [-0.39, 0.29) is 18.1 Å². The van der Waals surface area contributed by atoms with Crippen molar-refractivity contribution in [3.05, 3.63) is 35.6 Å².